The second-order valence-corrected chi connectivity index (χ2v) is 7.70. The number of aliphatic hydroxyl groups excluding tert-OH is 1. The van der Waals surface area contributed by atoms with Crippen LogP contribution < -0.4 is 4.90 Å². The van der Waals surface area contributed by atoms with Gasteiger partial charge in [0.1, 0.15) is 0 Å². The summed E-state index contributed by atoms with van der Waals surface area (Å²) in [5.41, 5.74) is 2.38. The Morgan fingerprint density at radius 3 is 2.27 bits per heavy atom. The van der Waals surface area contributed by atoms with E-state index in [-0.39, 0.29) is 23.3 Å². The first-order valence-corrected chi connectivity index (χ1v) is 10.6. The number of ether oxygens (including phenoxy) is 1. The first kappa shape index (κ1) is 22.0. The van der Waals surface area contributed by atoms with Gasteiger partial charge in [-0.3, -0.25) is 14.5 Å². The molecule has 1 aliphatic rings. The van der Waals surface area contributed by atoms with Crippen LogP contribution in [0.1, 0.15) is 33.9 Å². The fraction of sp³-hybridized carbons (Fsp3) is 0.148. The van der Waals surface area contributed by atoms with Gasteiger partial charge in [0.05, 0.1) is 24.3 Å². The highest BCUT2D eigenvalue weighted by Crippen LogP contribution is 2.41. The molecule has 4 rings (SSSR count). The molecule has 1 atom stereocenters. The molecule has 0 fully saturated rings. The molecule has 0 aromatic heterocycles. The Kier molecular flexibility index (Phi) is 6.36. The Morgan fingerprint density at radius 1 is 0.939 bits per heavy atom. The van der Waals surface area contributed by atoms with Crippen molar-refractivity contribution < 1.29 is 24.2 Å². The number of methoxy groups -OCH3 is 1. The Hall–Kier alpha value is -4.19. The molecule has 33 heavy (non-hydrogen) atoms. The average molecular weight is 441 g/mol. The summed E-state index contributed by atoms with van der Waals surface area (Å²) in [5.74, 6) is -2.10. The van der Waals surface area contributed by atoms with E-state index in [1.54, 1.807) is 30.3 Å². The maximum Gasteiger partial charge on any atom is 0.337 e. The zero-order valence-electron chi connectivity index (χ0n) is 18.1. The molecule has 166 valence electrons. The molecule has 0 saturated heterocycles. The van der Waals surface area contributed by atoms with Crippen molar-refractivity contribution in [1.82, 2.24) is 0 Å². The van der Waals surface area contributed by atoms with Crippen LogP contribution >= 0.6 is 0 Å². The number of amides is 1. The fourth-order valence-electron chi connectivity index (χ4n) is 4.04. The Labute approximate surface area is 191 Å². The Bertz CT molecular complexity index is 1220. The largest absolute Gasteiger partial charge is 0.503 e. The normalized spacial score (nSPS) is 15.6. The first-order valence-electron chi connectivity index (χ1n) is 10.6. The minimum atomic E-state index is -0.810. The molecule has 1 amide bonds. The number of ketones is 1. The van der Waals surface area contributed by atoms with Crippen LogP contribution in [-0.2, 0) is 20.7 Å². The lowest BCUT2D eigenvalue weighted by atomic mass is 9.93. The van der Waals surface area contributed by atoms with Gasteiger partial charge in [0, 0.05) is 12.1 Å². The number of benzene rings is 3. The number of anilines is 1. The third-order valence-corrected chi connectivity index (χ3v) is 5.65. The molecule has 1 N–H and O–H groups in total. The van der Waals surface area contributed by atoms with Gasteiger partial charge in [0.15, 0.2) is 11.5 Å². The van der Waals surface area contributed by atoms with E-state index in [4.69, 9.17) is 4.74 Å². The van der Waals surface area contributed by atoms with Crippen molar-refractivity contribution in [2.45, 2.75) is 18.9 Å². The van der Waals surface area contributed by atoms with Crippen molar-refractivity contribution in [3.63, 3.8) is 0 Å². The van der Waals surface area contributed by atoms with E-state index < -0.39 is 23.7 Å². The maximum atomic E-state index is 13.3. The number of Topliss-reactive ketones (excluding diaryl/α,β-unsaturated/α-hetero) is 1. The van der Waals surface area contributed by atoms with Gasteiger partial charge in [0.25, 0.3) is 5.91 Å². The predicted molar refractivity (Wildman–Crippen MR) is 124 cm³/mol. The second kappa shape index (κ2) is 9.53. The van der Waals surface area contributed by atoms with Gasteiger partial charge in [-0.1, -0.05) is 66.7 Å². The Morgan fingerprint density at radius 2 is 1.61 bits per heavy atom. The highest BCUT2D eigenvalue weighted by molar-refractivity contribution is 6.16. The van der Waals surface area contributed by atoms with Crippen LogP contribution in [0.5, 0.6) is 0 Å². The number of aliphatic hydroxyl groups is 1. The molecule has 6 nitrogen and oxygen atoms in total. The predicted octanol–water partition coefficient (Wildman–Crippen LogP) is 4.58. The highest BCUT2D eigenvalue weighted by Gasteiger charge is 2.44. The van der Waals surface area contributed by atoms with Crippen LogP contribution in [0.4, 0.5) is 5.69 Å². The lowest BCUT2D eigenvalue weighted by molar-refractivity contribution is -0.118. The van der Waals surface area contributed by atoms with Crippen molar-refractivity contribution in [3.05, 3.63) is 113 Å². The fourth-order valence-corrected chi connectivity index (χ4v) is 4.04. The third-order valence-electron chi connectivity index (χ3n) is 5.65. The third kappa shape index (κ3) is 4.41. The van der Waals surface area contributed by atoms with E-state index in [1.807, 2.05) is 48.5 Å². The molecule has 0 spiro atoms. The standard InChI is InChI=1S/C27H23NO5/c1-33-27(32)20-13-8-14-21(17-20)28-24(19-11-6-3-7-12-19)23(25(30)26(28)31)22(29)16-15-18-9-4-2-5-10-18/h2-14,17,24,30H,15-16H2,1H3. The van der Waals surface area contributed by atoms with Crippen molar-refractivity contribution >= 4 is 23.3 Å². The average Bonchev–Trinajstić information content (AvgIpc) is 3.13. The van der Waals surface area contributed by atoms with Crippen LogP contribution in [0.2, 0.25) is 0 Å². The van der Waals surface area contributed by atoms with Crippen molar-refractivity contribution in [1.29, 1.82) is 0 Å². The number of rotatable bonds is 7. The molecule has 0 saturated carbocycles. The maximum absolute atomic E-state index is 13.3. The summed E-state index contributed by atoms with van der Waals surface area (Å²) < 4.78 is 4.79. The van der Waals surface area contributed by atoms with E-state index in [9.17, 15) is 19.5 Å². The number of aryl methyl sites for hydroxylation is 1. The summed E-state index contributed by atoms with van der Waals surface area (Å²) in [6.45, 7) is 0. The molecular weight excluding hydrogens is 418 g/mol. The van der Waals surface area contributed by atoms with E-state index in [1.165, 1.54) is 18.1 Å². The van der Waals surface area contributed by atoms with Crippen molar-refractivity contribution in [3.8, 4) is 0 Å². The van der Waals surface area contributed by atoms with Gasteiger partial charge in [0.2, 0.25) is 0 Å². The SMILES string of the molecule is COC(=O)c1cccc(N2C(=O)C(O)=C(C(=O)CCc3ccccc3)C2c2ccccc2)c1. The van der Waals surface area contributed by atoms with Crippen LogP contribution in [-0.4, -0.2) is 29.9 Å². The monoisotopic (exact) mass is 441 g/mol. The number of esters is 1. The van der Waals surface area contributed by atoms with E-state index in [0.717, 1.165) is 5.56 Å². The molecule has 0 radical (unpaired) electrons. The quantitative estimate of drug-likeness (QED) is 0.543. The summed E-state index contributed by atoms with van der Waals surface area (Å²) >= 11 is 0. The summed E-state index contributed by atoms with van der Waals surface area (Å²) in [6, 6.07) is 24.2. The second-order valence-electron chi connectivity index (χ2n) is 7.70. The molecule has 1 unspecified atom stereocenters. The van der Waals surface area contributed by atoms with Gasteiger partial charge < -0.3 is 9.84 Å². The molecule has 3 aromatic carbocycles. The van der Waals surface area contributed by atoms with Gasteiger partial charge in [-0.25, -0.2) is 4.79 Å². The lowest BCUT2D eigenvalue weighted by Crippen LogP contribution is -2.31. The first-order chi connectivity index (χ1) is 16.0. The van der Waals surface area contributed by atoms with Gasteiger partial charge >= 0.3 is 5.97 Å². The summed E-state index contributed by atoms with van der Waals surface area (Å²) in [7, 11) is 1.28. The minimum Gasteiger partial charge on any atom is -0.503 e. The molecule has 3 aromatic rings. The smallest absolute Gasteiger partial charge is 0.337 e. The summed E-state index contributed by atoms with van der Waals surface area (Å²) in [4.78, 5) is 39.8. The summed E-state index contributed by atoms with van der Waals surface area (Å²) in [5, 5.41) is 10.8. The molecule has 0 aliphatic carbocycles. The number of hydrogen-bond donors (Lipinski definition) is 1. The van der Waals surface area contributed by atoms with E-state index in [0.29, 0.717) is 17.7 Å². The summed E-state index contributed by atoms with van der Waals surface area (Å²) in [6.07, 6.45) is 0.639. The molecule has 1 heterocycles. The van der Waals surface area contributed by atoms with Crippen molar-refractivity contribution in [2.75, 3.05) is 12.0 Å². The molecule has 6 heteroatoms. The van der Waals surface area contributed by atoms with Crippen LogP contribution in [0.15, 0.2) is 96.3 Å². The van der Waals surface area contributed by atoms with Crippen LogP contribution in [0.25, 0.3) is 0 Å². The van der Waals surface area contributed by atoms with Gasteiger partial charge in [-0.05, 0) is 35.7 Å². The molecular formula is C27H23NO5. The highest BCUT2D eigenvalue weighted by atomic mass is 16.5. The molecule has 0 bridgehead atoms. The van der Waals surface area contributed by atoms with Crippen LogP contribution in [0.3, 0.4) is 0 Å². The number of hydrogen-bond acceptors (Lipinski definition) is 5. The van der Waals surface area contributed by atoms with Crippen LogP contribution in [0, 0.1) is 0 Å². The number of carbonyl (C=O) groups excluding carboxylic acids is 3. The van der Waals surface area contributed by atoms with Gasteiger partial charge in [-0.15, -0.1) is 0 Å². The molecule has 1 aliphatic heterocycles. The lowest BCUT2D eigenvalue weighted by Gasteiger charge is -2.27. The minimum absolute atomic E-state index is 0.0607. The zero-order valence-corrected chi connectivity index (χ0v) is 18.1. The van der Waals surface area contributed by atoms with E-state index >= 15 is 0 Å². The number of carbonyl (C=O) groups is 3. The van der Waals surface area contributed by atoms with E-state index in [2.05, 4.69) is 0 Å². The topological polar surface area (TPSA) is 83.9 Å². The van der Waals surface area contributed by atoms with Crippen molar-refractivity contribution in [2.24, 2.45) is 0 Å². The van der Waals surface area contributed by atoms with Gasteiger partial charge in [-0.2, -0.15) is 0 Å². The zero-order chi connectivity index (χ0) is 23.4. The Balaban J connectivity index is 1.73. The number of nitrogens with zero attached hydrogens (tertiary/aromatic N) is 1.